The predicted molar refractivity (Wildman–Crippen MR) is 86.4 cm³/mol. The first-order valence-corrected chi connectivity index (χ1v) is 7.36. The minimum Gasteiger partial charge on any atom is -0.496 e. The van der Waals surface area contributed by atoms with Gasteiger partial charge in [-0.3, -0.25) is 4.79 Å². The summed E-state index contributed by atoms with van der Waals surface area (Å²) in [5.74, 6) is 1.06. The van der Waals surface area contributed by atoms with Crippen LogP contribution < -0.4 is 4.74 Å². The fourth-order valence-electron chi connectivity index (χ4n) is 2.28. The van der Waals surface area contributed by atoms with Gasteiger partial charge in [0.05, 0.1) is 12.7 Å². The molecule has 0 saturated heterocycles. The minimum absolute atomic E-state index is 0.0783. The maximum Gasteiger partial charge on any atom is 0.196 e. The van der Waals surface area contributed by atoms with Crippen LogP contribution in [0.25, 0.3) is 0 Å². The summed E-state index contributed by atoms with van der Waals surface area (Å²) in [6.45, 7) is 4.35. The molecule has 0 aromatic heterocycles. The molecule has 0 N–H and O–H groups in total. The van der Waals surface area contributed by atoms with Gasteiger partial charge in [0.25, 0.3) is 0 Å². The van der Waals surface area contributed by atoms with Gasteiger partial charge in [0.2, 0.25) is 0 Å². The highest BCUT2D eigenvalue weighted by Gasteiger charge is 2.15. The van der Waals surface area contributed by atoms with Gasteiger partial charge < -0.3 is 4.74 Å². The van der Waals surface area contributed by atoms with Crippen LogP contribution in [0.15, 0.2) is 42.5 Å². The third-order valence-corrected chi connectivity index (χ3v) is 3.50. The molecule has 0 spiro atoms. The maximum atomic E-state index is 12.6. The fourth-order valence-corrected chi connectivity index (χ4v) is 2.45. The lowest BCUT2D eigenvalue weighted by molar-refractivity contribution is 0.103. The summed E-state index contributed by atoms with van der Waals surface area (Å²) in [4.78, 5) is 12.6. The molecule has 0 unspecified atom stereocenters. The average molecular weight is 303 g/mol. The van der Waals surface area contributed by atoms with Gasteiger partial charge >= 0.3 is 0 Å². The van der Waals surface area contributed by atoms with Gasteiger partial charge in [-0.15, -0.1) is 0 Å². The summed E-state index contributed by atoms with van der Waals surface area (Å²) in [6.07, 6.45) is 1.01. The first-order chi connectivity index (χ1) is 10.0. The SMILES string of the molecule is COc1ccc(Cl)cc1C(=O)c1ccc(CC(C)C)cc1. The van der Waals surface area contributed by atoms with E-state index < -0.39 is 0 Å². The molecule has 0 atom stereocenters. The third kappa shape index (κ3) is 3.85. The molecule has 2 rings (SSSR count). The topological polar surface area (TPSA) is 26.3 Å². The van der Waals surface area contributed by atoms with E-state index in [-0.39, 0.29) is 5.78 Å². The second-order valence-corrected chi connectivity index (χ2v) is 5.91. The first kappa shape index (κ1) is 15.6. The summed E-state index contributed by atoms with van der Waals surface area (Å²) < 4.78 is 5.24. The fraction of sp³-hybridized carbons (Fsp3) is 0.278. The zero-order chi connectivity index (χ0) is 15.4. The molecule has 0 amide bonds. The Balaban J connectivity index is 2.30. The van der Waals surface area contributed by atoms with Crippen LogP contribution in [0.3, 0.4) is 0 Å². The van der Waals surface area contributed by atoms with Crippen molar-refractivity contribution in [3.63, 3.8) is 0 Å². The smallest absolute Gasteiger partial charge is 0.196 e. The number of methoxy groups -OCH3 is 1. The molecule has 2 aromatic carbocycles. The van der Waals surface area contributed by atoms with Gasteiger partial charge in [-0.25, -0.2) is 0 Å². The van der Waals surface area contributed by atoms with Gasteiger partial charge in [0.1, 0.15) is 5.75 Å². The second-order valence-electron chi connectivity index (χ2n) is 5.47. The molecule has 0 saturated carbocycles. The lowest BCUT2D eigenvalue weighted by Crippen LogP contribution is -2.04. The third-order valence-electron chi connectivity index (χ3n) is 3.27. The predicted octanol–water partition coefficient (Wildman–Crippen LogP) is 4.78. The van der Waals surface area contributed by atoms with E-state index in [1.807, 2.05) is 24.3 Å². The van der Waals surface area contributed by atoms with Crippen LogP contribution >= 0.6 is 11.6 Å². The van der Waals surface area contributed by atoms with Crippen LogP contribution in [-0.2, 0) is 6.42 Å². The van der Waals surface area contributed by atoms with Crippen molar-refractivity contribution in [2.75, 3.05) is 7.11 Å². The normalized spacial score (nSPS) is 10.7. The van der Waals surface area contributed by atoms with Crippen molar-refractivity contribution in [2.45, 2.75) is 20.3 Å². The van der Waals surface area contributed by atoms with E-state index in [0.29, 0.717) is 27.8 Å². The van der Waals surface area contributed by atoms with Gasteiger partial charge in [0.15, 0.2) is 5.78 Å². The number of benzene rings is 2. The summed E-state index contributed by atoms with van der Waals surface area (Å²) >= 11 is 5.98. The van der Waals surface area contributed by atoms with Crippen LogP contribution in [0.5, 0.6) is 5.75 Å². The maximum absolute atomic E-state index is 12.6. The highest BCUT2D eigenvalue weighted by Crippen LogP contribution is 2.25. The molecule has 21 heavy (non-hydrogen) atoms. The molecule has 0 fully saturated rings. The lowest BCUT2D eigenvalue weighted by atomic mass is 9.98. The van der Waals surface area contributed by atoms with E-state index in [1.54, 1.807) is 25.3 Å². The molecular weight excluding hydrogens is 284 g/mol. The molecular formula is C18H19ClO2. The summed E-state index contributed by atoms with van der Waals surface area (Å²) in [6, 6.07) is 12.8. The molecule has 0 aliphatic rings. The van der Waals surface area contributed by atoms with Crippen molar-refractivity contribution in [1.82, 2.24) is 0 Å². The molecule has 2 nitrogen and oxygen atoms in total. The van der Waals surface area contributed by atoms with Crippen LogP contribution in [0.4, 0.5) is 0 Å². The van der Waals surface area contributed by atoms with E-state index in [1.165, 1.54) is 5.56 Å². The van der Waals surface area contributed by atoms with E-state index >= 15 is 0 Å². The van der Waals surface area contributed by atoms with Gasteiger partial charge in [-0.2, -0.15) is 0 Å². The quantitative estimate of drug-likeness (QED) is 0.743. The van der Waals surface area contributed by atoms with E-state index in [4.69, 9.17) is 16.3 Å². The van der Waals surface area contributed by atoms with Crippen molar-refractivity contribution in [3.05, 3.63) is 64.2 Å². The zero-order valence-electron chi connectivity index (χ0n) is 12.5. The van der Waals surface area contributed by atoms with Crippen LogP contribution in [0.2, 0.25) is 5.02 Å². The number of hydrogen-bond acceptors (Lipinski definition) is 2. The number of ketones is 1. The summed E-state index contributed by atoms with van der Waals surface area (Å²) in [7, 11) is 1.55. The van der Waals surface area contributed by atoms with E-state index in [0.717, 1.165) is 6.42 Å². The van der Waals surface area contributed by atoms with Crippen molar-refractivity contribution in [2.24, 2.45) is 5.92 Å². The zero-order valence-corrected chi connectivity index (χ0v) is 13.3. The van der Waals surface area contributed by atoms with Crippen molar-refractivity contribution in [1.29, 1.82) is 0 Å². The number of ether oxygens (including phenoxy) is 1. The van der Waals surface area contributed by atoms with E-state index in [2.05, 4.69) is 13.8 Å². The van der Waals surface area contributed by atoms with Crippen LogP contribution in [0, 0.1) is 5.92 Å². The number of halogens is 1. The summed E-state index contributed by atoms with van der Waals surface area (Å²) in [5.41, 5.74) is 2.37. The van der Waals surface area contributed by atoms with Crippen LogP contribution in [0.1, 0.15) is 35.3 Å². The standard InChI is InChI=1S/C18H19ClO2/c1-12(2)10-13-4-6-14(7-5-13)18(20)16-11-15(19)8-9-17(16)21-3/h4-9,11-12H,10H2,1-3H3. The van der Waals surface area contributed by atoms with Crippen LogP contribution in [-0.4, -0.2) is 12.9 Å². The monoisotopic (exact) mass is 302 g/mol. The highest BCUT2D eigenvalue weighted by molar-refractivity contribution is 6.31. The van der Waals surface area contributed by atoms with Gasteiger partial charge in [-0.1, -0.05) is 49.7 Å². The Morgan fingerprint density at radius 1 is 1.14 bits per heavy atom. The molecule has 0 aliphatic heterocycles. The molecule has 0 heterocycles. The Hall–Kier alpha value is -1.80. The molecule has 110 valence electrons. The lowest BCUT2D eigenvalue weighted by Gasteiger charge is -2.09. The number of carbonyl (C=O) groups excluding carboxylic acids is 1. The van der Waals surface area contributed by atoms with Crippen molar-refractivity contribution in [3.8, 4) is 5.75 Å². The Labute approximate surface area is 130 Å². The number of carbonyl (C=O) groups is 1. The average Bonchev–Trinajstić information content (AvgIpc) is 2.46. The second kappa shape index (κ2) is 6.77. The Bertz CT molecular complexity index is 630. The number of rotatable bonds is 5. The molecule has 3 heteroatoms. The van der Waals surface area contributed by atoms with Gasteiger partial charge in [0, 0.05) is 10.6 Å². The largest absolute Gasteiger partial charge is 0.496 e. The first-order valence-electron chi connectivity index (χ1n) is 6.98. The molecule has 2 aromatic rings. The molecule has 0 radical (unpaired) electrons. The Morgan fingerprint density at radius 3 is 2.38 bits per heavy atom. The Morgan fingerprint density at radius 2 is 1.81 bits per heavy atom. The van der Waals surface area contributed by atoms with E-state index in [9.17, 15) is 4.79 Å². The van der Waals surface area contributed by atoms with Crippen molar-refractivity contribution < 1.29 is 9.53 Å². The highest BCUT2D eigenvalue weighted by atomic mass is 35.5. The summed E-state index contributed by atoms with van der Waals surface area (Å²) in [5, 5.41) is 0.524. The van der Waals surface area contributed by atoms with Gasteiger partial charge in [-0.05, 0) is 36.1 Å². The Kier molecular flexibility index (Phi) is 5.03. The number of hydrogen-bond donors (Lipinski definition) is 0. The molecule has 0 bridgehead atoms. The molecule has 0 aliphatic carbocycles. The minimum atomic E-state index is -0.0783. The van der Waals surface area contributed by atoms with Crippen molar-refractivity contribution >= 4 is 17.4 Å².